The molecule has 1 saturated heterocycles. The normalized spacial score (nSPS) is 21.1. The first-order valence-corrected chi connectivity index (χ1v) is 6.96. The van der Waals surface area contributed by atoms with E-state index in [4.69, 9.17) is 4.74 Å². The fourth-order valence-corrected chi connectivity index (χ4v) is 2.44. The van der Waals surface area contributed by atoms with Gasteiger partial charge in [-0.05, 0) is 37.8 Å². The molecule has 20 heavy (non-hydrogen) atoms. The number of rotatable bonds is 5. The summed E-state index contributed by atoms with van der Waals surface area (Å²) >= 11 is 0. The number of benzene rings is 1. The van der Waals surface area contributed by atoms with Crippen LogP contribution in [0.2, 0.25) is 0 Å². The zero-order valence-corrected chi connectivity index (χ0v) is 11.5. The summed E-state index contributed by atoms with van der Waals surface area (Å²) < 4.78 is 43.4. The summed E-state index contributed by atoms with van der Waals surface area (Å²) in [7, 11) is 0. The summed E-state index contributed by atoms with van der Waals surface area (Å²) in [5.74, 6) is 0. The molecule has 2 atom stereocenters. The predicted octanol–water partition coefficient (Wildman–Crippen LogP) is 3.41. The Bertz CT molecular complexity index is 427. The second-order valence-corrected chi connectivity index (χ2v) is 5.35. The average Bonchev–Trinajstić information content (AvgIpc) is 2.89. The minimum Gasteiger partial charge on any atom is -0.377 e. The predicted molar refractivity (Wildman–Crippen MR) is 71.6 cm³/mol. The highest BCUT2D eigenvalue weighted by molar-refractivity contribution is 5.26. The van der Waals surface area contributed by atoms with Crippen LogP contribution in [-0.2, 0) is 17.3 Å². The summed E-state index contributed by atoms with van der Waals surface area (Å²) in [5, 5.41) is 3.32. The molecule has 1 fully saturated rings. The van der Waals surface area contributed by atoms with Crippen LogP contribution in [0, 0.1) is 0 Å². The molecule has 0 aromatic heterocycles. The van der Waals surface area contributed by atoms with Gasteiger partial charge in [0.2, 0.25) is 0 Å². The number of nitrogens with one attached hydrogen (secondary N) is 1. The van der Waals surface area contributed by atoms with E-state index >= 15 is 0 Å². The molecular formula is C15H20F3NO. The van der Waals surface area contributed by atoms with E-state index in [1.54, 1.807) is 6.07 Å². The molecule has 0 radical (unpaired) electrons. The maximum absolute atomic E-state index is 12.6. The van der Waals surface area contributed by atoms with Gasteiger partial charge in [0.15, 0.2) is 0 Å². The highest BCUT2D eigenvalue weighted by Gasteiger charge is 2.30. The van der Waals surface area contributed by atoms with E-state index in [0.717, 1.165) is 32.1 Å². The van der Waals surface area contributed by atoms with E-state index in [9.17, 15) is 13.2 Å². The fourth-order valence-electron chi connectivity index (χ4n) is 2.44. The van der Waals surface area contributed by atoms with Gasteiger partial charge in [-0.15, -0.1) is 0 Å². The maximum Gasteiger partial charge on any atom is 0.416 e. The standard InChI is InChI=1S/C15H20F3NO/c1-11(19-10-14-6-3-7-20-14)8-12-4-2-5-13(9-12)15(16,17)18/h2,4-5,9,11,14,19H,3,6-8,10H2,1H3/t11-,14-/m0/s1. The Hall–Kier alpha value is -1.07. The molecule has 1 aromatic carbocycles. The van der Waals surface area contributed by atoms with Gasteiger partial charge < -0.3 is 10.1 Å². The van der Waals surface area contributed by atoms with E-state index in [2.05, 4.69) is 5.32 Å². The fraction of sp³-hybridized carbons (Fsp3) is 0.600. The molecule has 112 valence electrons. The molecule has 1 aromatic rings. The lowest BCUT2D eigenvalue weighted by Gasteiger charge is -2.17. The Morgan fingerprint density at radius 2 is 2.20 bits per heavy atom. The van der Waals surface area contributed by atoms with Crippen molar-refractivity contribution in [1.82, 2.24) is 5.32 Å². The first-order valence-electron chi connectivity index (χ1n) is 6.96. The lowest BCUT2D eigenvalue weighted by molar-refractivity contribution is -0.137. The Morgan fingerprint density at radius 3 is 2.85 bits per heavy atom. The van der Waals surface area contributed by atoms with Crippen molar-refractivity contribution in [3.05, 3.63) is 35.4 Å². The quantitative estimate of drug-likeness (QED) is 0.896. The van der Waals surface area contributed by atoms with Crippen molar-refractivity contribution in [3.63, 3.8) is 0 Å². The molecule has 2 nitrogen and oxygen atoms in total. The molecule has 0 aliphatic carbocycles. The summed E-state index contributed by atoms with van der Waals surface area (Å²) in [6.07, 6.45) is -1.29. The molecule has 0 unspecified atom stereocenters. The molecule has 0 bridgehead atoms. The van der Waals surface area contributed by atoms with Gasteiger partial charge in [0.1, 0.15) is 0 Å². The summed E-state index contributed by atoms with van der Waals surface area (Å²) in [4.78, 5) is 0. The minimum absolute atomic E-state index is 0.127. The van der Waals surface area contributed by atoms with Crippen molar-refractivity contribution in [2.75, 3.05) is 13.2 Å². The third kappa shape index (κ3) is 4.49. The Morgan fingerprint density at radius 1 is 1.40 bits per heavy atom. The van der Waals surface area contributed by atoms with Gasteiger partial charge >= 0.3 is 6.18 Å². The van der Waals surface area contributed by atoms with Crippen LogP contribution in [0.1, 0.15) is 30.9 Å². The average molecular weight is 287 g/mol. The molecule has 5 heteroatoms. The van der Waals surface area contributed by atoms with Gasteiger partial charge in [-0.1, -0.05) is 18.2 Å². The molecule has 1 N–H and O–H groups in total. The van der Waals surface area contributed by atoms with Crippen molar-refractivity contribution < 1.29 is 17.9 Å². The smallest absolute Gasteiger partial charge is 0.377 e. The van der Waals surface area contributed by atoms with Gasteiger partial charge in [-0.2, -0.15) is 13.2 Å². The number of ether oxygens (including phenoxy) is 1. The van der Waals surface area contributed by atoms with E-state index in [1.165, 1.54) is 12.1 Å². The monoisotopic (exact) mass is 287 g/mol. The van der Waals surface area contributed by atoms with Gasteiger partial charge in [-0.25, -0.2) is 0 Å². The van der Waals surface area contributed by atoms with Crippen molar-refractivity contribution in [1.29, 1.82) is 0 Å². The highest BCUT2D eigenvalue weighted by atomic mass is 19.4. The second kappa shape index (κ2) is 6.59. The summed E-state index contributed by atoms with van der Waals surface area (Å²) in [6.45, 7) is 3.56. The zero-order valence-electron chi connectivity index (χ0n) is 11.5. The van der Waals surface area contributed by atoms with E-state index in [1.807, 2.05) is 6.92 Å². The summed E-state index contributed by atoms with van der Waals surface area (Å²) in [5.41, 5.74) is 0.119. The zero-order chi connectivity index (χ0) is 14.6. The highest BCUT2D eigenvalue weighted by Crippen LogP contribution is 2.29. The molecular weight excluding hydrogens is 267 g/mol. The summed E-state index contributed by atoms with van der Waals surface area (Å²) in [6, 6.07) is 5.66. The van der Waals surface area contributed by atoms with Crippen molar-refractivity contribution in [3.8, 4) is 0 Å². The van der Waals surface area contributed by atoms with E-state index in [0.29, 0.717) is 12.0 Å². The van der Waals surface area contributed by atoms with E-state index in [-0.39, 0.29) is 12.1 Å². The van der Waals surface area contributed by atoms with Crippen LogP contribution in [0.5, 0.6) is 0 Å². The van der Waals surface area contributed by atoms with Crippen LogP contribution >= 0.6 is 0 Å². The van der Waals surface area contributed by atoms with Crippen LogP contribution in [0.25, 0.3) is 0 Å². The minimum atomic E-state index is -4.27. The van der Waals surface area contributed by atoms with E-state index < -0.39 is 11.7 Å². The largest absolute Gasteiger partial charge is 0.416 e. The molecule has 0 spiro atoms. The third-order valence-corrected chi connectivity index (χ3v) is 3.51. The number of halogens is 3. The van der Waals surface area contributed by atoms with Crippen LogP contribution in [0.15, 0.2) is 24.3 Å². The molecule has 1 aliphatic rings. The van der Waals surface area contributed by atoms with Crippen LogP contribution in [0.4, 0.5) is 13.2 Å². The van der Waals surface area contributed by atoms with Crippen molar-refractivity contribution in [2.45, 2.75) is 44.5 Å². The molecule has 2 rings (SSSR count). The third-order valence-electron chi connectivity index (χ3n) is 3.51. The maximum atomic E-state index is 12.6. The van der Waals surface area contributed by atoms with Gasteiger partial charge in [0.05, 0.1) is 11.7 Å². The lowest BCUT2D eigenvalue weighted by Crippen LogP contribution is -2.34. The number of hydrogen-bond acceptors (Lipinski definition) is 2. The van der Waals surface area contributed by atoms with Crippen LogP contribution in [0.3, 0.4) is 0 Å². The van der Waals surface area contributed by atoms with Gasteiger partial charge in [0.25, 0.3) is 0 Å². The Balaban J connectivity index is 1.85. The molecule has 0 amide bonds. The lowest BCUT2D eigenvalue weighted by atomic mass is 10.0. The first-order chi connectivity index (χ1) is 9.45. The number of alkyl halides is 3. The van der Waals surface area contributed by atoms with Crippen LogP contribution in [-0.4, -0.2) is 25.3 Å². The first kappa shape index (κ1) is 15.3. The molecule has 0 saturated carbocycles. The molecule has 1 heterocycles. The second-order valence-electron chi connectivity index (χ2n) is 5.35. The van der Waals surface area contributed by atoms with Gasteiger partial charge in [-0.3, -0.25) is 0 Å². The molecule has 1 aliphatic heterocycles. The van der Waals surface area contributed by atoms with Gasteiger partial charge in [0, 0.05) is 19.2 Å². The van der Waals surface area contributed by atoms with Crippen LogP contribution < -0.4 is 5.32 Å². The Labute approximate surface area is 117 Å². The Kier molecular flexibility index (Phi) is 5.05. The topological polar surface area (TPSA) is 21.3 Å². The van der Waals surface area contributed by atoms with Crippen molar-refractivity contribution in [2.24, 2.45) is 0 Å². The SMILES string of the molecule is C[C@@H](Cc1cccc(C(F)(F)F)c1)NC[C@@H]1CCCO1. The number of hydrogen-bond donors (Lipinski definition) is 1. The van der Waals surface area contributed by atoms with Crippen molar-refractivity contribution >= 4 is 0 Å².